The maximum Gasteiger partial charge on any atom is 0.322 e. The number of halogens is 3. The molecule has 0 bridgehead atoms. The fraction of sp³-hybridized carbons (Fsp3) is 0. The topological polar surface area (TPSA) is 64.1 Å². The highest BCUT2D eigenvalue weighted by Crippen LogP contribution is 2.31. The Morgan fingerprint density at radius 1 is 1.19 bits per heavy atom. The second-order valence-corrected chi connectivity index (χ2v) is 3.74. The third-order valence-electron chi connectivity index (χ3n) is 2.25. The van der Waals surface area contributed by atoms with Gasteiger partial charge in [-0.15, -0.1) is 0 Å². The molecule has 2 aromatic rings. The van der Waals surface area contributed by atoms with Crippen LogP contribution in [0.5, 0.6) is 11.8 Å². The van der Waals surface area contributed by atoms with Crippen molar-refractivity contribution in [1.82, 2.24) is 9.97 Å². The number of benzene rings is 1. The molecule has 0 saturated carbocycles. The molecular weight excluding hydrogens is 287 g/mol. The first-order valence-electron chi connectivity index (χ1n) is 5.57. The Morgan fingerprint density at radius 2 is 1.86 bits per heavy atom. The van der Waals surface area contributed by atoms with Crippen molar-refractivity contribution in [3.05, 3.63) is 54.6 Å². The fourth-order valence-corrected chi connectivity index (χ4v) is 1.38. The summed E-state index contributed by atoms with van der Waals surface area (Å²) in [6.07, 6.45) is 2.54. The van der Waals surface area contributed by atoms with E-state index < -0.39 is 29.0 Å². The molecule has 5 nitrogen and oxygen atoms in total. The van der Waals surface area contributed by atoms with Crippen molar-refractivity contribution in [2.45, 2.75) is 0 Å². The molecule has 0 aliphatic carbocycles. The molecule has 1 aromatic carbocycles. The lowest BCUT2D eigenvalue weighted by Gasteiger charge is -2.11. The predicted octanol–water partition coefficient (Wildman–Crippen LogP) is 2.81. The van der Waals surface area contributed by atoms with Crippen LogP contribution < -0.4 is 10.1 Å². The van der Waals surface area contributed by atoms with Gasteiger partial charge < -0.3 is 10.1 Å². The molecule has 1 N–H and O–H groups in total. The Kier molecular flexibility index (Phi) is 4.17. The van der Waals surface area contributed by atoms with Gasteiger partial charge in [0.2, 0.25) is 5.91 Å². The highest BCUT2D eigenvalue weighted by Gasteiger charge is 2.16. The number of nitrogens with zero attached hydrogens (tertiary/aromatic N) is 2. The first-order valence-corrected chi connectivity index (χ1v) is 5.57. The molecule has 108 valence electrons. The van der Waals surface area contributed by atoms with Crippen LogP contribution in [0.2, 0.25) is 0 Å². The number of carbonyl (C=O) groups excluding carboxylic acids is 1. The van der Waals surface area contributed by atoms with Crippen molar-refractivity contribution in [2.24, 2.45) is 0 Å². The van der Waals surface area contributed by atoms with Crippen LogP contribution in [0.4, 0.5) is 18.9 Å². The van der Waals surface area contributed by atoms with Gasteiger partial charge in [0.05, 0.1) is 12.4 Å². The Bertz CT molecular complexity index is 690. The molecule has 0 aliphatic rings. The highest BCUT2D eigenvalue weighted by atomic mass is 19.1. The maximum absolute atomic E-state index is 13.7. The lowest BCUT2D eigenvalue weighted by atomic mass is 10.2. The third kappa shape index (κ3) is 3.56. The smallest absolute Gasteiger partial charge is 0.322 e. The second kappa shape index (κ2) is 6.04. The van der Waals surface area contributed by atoms with Crippen molar-refractivity contribution < 1.29 is 22.7 Å². The Labute approximate surface area is 117 Å². The van der Waals surface area contributed by atoms with E-state index in [4.69, 9.17) is 4.74 Å². The Hall–Kier alpha value is -2.90. The van der Waals surface area contributed by atoms with Crippen LogP contribution in [0.3, 0.4) is 0 Å². The molecule has 21 heavy (non-hydrogen) atoms. The zero-order valence-electron chi connectivity index (χ0n) is 10.4. The van der Waals surface area contributed by atoms with Crippen LogP contribution in [0.1, 0.15) is 0 Å². The van der Waals surface area contributed by atoms with Crippen molar-refractivity contribution in [3.8, 4) is 11.8 Å². The van der Waals surface area contributed by atoms with E-state index in [1.165, 1.54) is 0 Å². The summed E-state index contributed by atoms with van der Waals surface area (Å²) >= 11 is 0. The van der Waals surface area contributed by atoms with Gasteiger partial charge in [0.25, 0.3) is 0 Å². The van der Waals surface area contributed by atoms with E-state index in [0.29, 0.717) is 6.07 Å². The summed E-state index contributed by atoms with van der Waals surface area (Å²) in [4.78, 5) is 18.2. The van der Waals surface area contributed by atoms with Gasteiger partial charge in [0.15, 0.2) is 17.4 Å². The first kappa shape index (κ1) is 14.5. The van der Waals surface area contributed by atoms with Crippen LogP contribution >= 0.6 is 0 Å². The van der Waals surface area contributed by atoms with Crippen LogP contribution in [-0.2, 0) is 4.79 Å². The number of hydrogen-bond acceptors (Lipinski definition) is 4. The molecule has 1 amide bonds. The minimum absolute atomic E-state index is 0.337. The Morgan fingerprint density at radius 3 is 2.48 bits per heavy atom. The van der Waals surface area contributed by atoms with Crippen molar-refractivity contribution in [2.75, 3.05) is 5.32 Å². The van der Waals surface area contributed by atoms with Crippen LogP contribution in [0.25, 0.3) is 0 Å². The first-order chi connectivity index (χ1) is 9.99. The monoisotopic (exact) mass is 295 g/mol. The third-order valence-corrected chi connectivity index (χ3v) is 2.25. The molecule has 0 radical (unpaired) electrons. The molecule has 0 aliphatic heterocycles. The predicted molar refractivity (Wildman–Crippen MR) is 67.2 cm³/mol. The number of aromatic nitrogens is 2. The van der Waals surface area contributed by atoms with E-state index in [2.05, 4.69) is 21.9 Å². The van der Waals surface area contributed by atoms with Gasteiger partial charge in [-0.3, -0.25) is 4.79 Å². The zero-order valence-corrected chi connectivity index (χ0v) is 10.4. The van der Waals surface area contributed by atoms with Gasteiger partial charge in [0.1, 0.15) is 11.5 Å². The van der Waals surface area contributed by atoms with Gasteiger partial charge in [-0.25, -0.2) is 23.1 Å². The summed E-state index contributed by atoms with van der Waals surface area (Å²) in [6, 6.07) is 1.06. The van der Waals surface area contributed by atoms with E-state index in [-0.39, 0.29) is 11.8 Å². The minimum Gasteiger partial charge on any atom is -0.422 e. The largest absolute Gasteiger partial charge is 0.422 e. The van der Waals surface area contributed by atoms with Crippen LogP contribution in [0.15, 0.2) is 37.2 Å². The number of anilines is 1. The number of ether oxygens (including phenoxy) is 1. The molecule has 8 heteroatoms. The van der Waals surface area contributed by atoms with Gasteiger partial charge in [-0.1, -0.05) is 6.58 Å². The van der Waals surface area contributed by atoms with E-state index in [1.54, 1.807) is 0 Å². The lowest BCUT2D eigenvalue weighted by molar-refractivity contribution is -0.111. The SMILES string of the molecule is C=CC(=O)Nc1c(F)cc(F)cc1Oc1ncc(F)cn1. The normalized spacial score (nSPS) is 10.0. The van der Waals surface area contributed by atoms with Gasteiger partial charge >= 0.3 is 6.01 Å². The molecule has 0 spiro atoms. The molecule has 0 unspecified atom stereocenters. The molecule has 0 fully saturated rings. The molecule has 1 heterocycles. The fourth-order valence-electron chi connectivity index (χ4n) is 1.38. The standard InChI is InChI=1S/C13H8F3N3O2/c1-2-11(20)19-12-9(16)3-7(14)4-10(12)21-13-17-5-8(15)6-18-13/h2-6H,1H2,(H,19,20). The van der Waals surface area contributed by atoms with Crippen LogP contribution in [-0.4, -0.2) is 15.9 Å². The van der Waals surface area contributed by atoms with Gasteiger partial charge in [-0.05, 0) is 6.08 Å². The summed E-state index contributed by atoms with van der Waals surface area (Å²) in [5, 5.41) is 2.13. The van der Waals surface area contributed by atoms with Gasteiger partial charge in [-0.2, -0.15) is 0 Å². The van der Waals surface area contributed by atoms with E-state index in [9.17, 15) is 18.0 Å². The van der Waals surface area contributed by atoms with Crippen molar-refractivity contribution in [1.29, 1.82) is 0 Å². The lowest BCUT2D eigenvalue weighted by Crippen LogP contribution is -2.10. The maximum atomic E-state index is 13.7. The molecular formula is C13H8F3N3O2. The van der Waals surface area contributed by atoms with E-state index >= 15 is 0 Å². The second-order valence-electron chi connectivity index (χ2n) is 3.74. The molecule has 0 saturated heterocycles. The summed E-state index contributed by atoms with van der Waals surface area (Å²) in [5.41, 5.74) is -0.408. The van der Waals surface area contributed by atoms with Crippen molar-refractivity contribution >= 4 is 11.6 Å². The number of rotatable bonds is 4. The molecule has 0 atom stereocenters. The van der Waals surface area contributed by atoms with Crippen LogP contribution in [0, 0.1) is 17.5 Å². The average Bonchev–Trinajstić information content (AvgIpc) is 2.44. The molecule has 2 rings (SSSR count). The average molecular weight is 295 g/mol. The molecule has 1 aromatic heterocycles. The number of amides is 1. The zero-order chi connectivity index (χ0) is 15.4. The van der Waals surface area contributed by atoms with E-state index in [1.807, 2.05) is 0 Å². The highest BCUT2D eigenvalue weighted by molar-refractivity contribution is 6.00. The summed E-state index contributed by atoms with van der Waals surface area (Å²) in [6.45, 7) is 3.21. The minimum atomic E-state index is -1.05. The number of nitrogens with one attached hydrogen (secondary N) is 1. The number of hydrogen-bond donors (Lipinski definition) is 1. The Balaban J connectivity index is 2.38. The van der Waals surface area contributed by atoms with Gasteiger partial charge in [0, 0.05) is 12.1 Å². The summed E-state index contributed by atoms with van der Waals surface area (Å²) < 4.78 is 44.7. The summed E-state index contributed by atoms with van der Waals surface area (Å²) in [7, 11) is 0. The quantitative estimate of drug-likeness (QED) is 0.881. The number of carbonyl (C=O) groups is 1. The van der Waals surface area contributed by atoms with Crippen molar-refractivity contribution in [3.63, 3.8) is 0 Å². The summed E-state index contributed by atoms with van der Waals surface area (Å²) in [5.74, 6) is -3.77. The van der Waals surface area contributed by atoms with E-state index in [0.717, 1.165) is 24.5 Å².